The second-order valence-corrected chi connectivity index (χ2v) is 6.18. The van der Waals surface area contributed by atoms with E-state index in [-0.39, 0.29) is 12.0 Å². The van der Waals surface area contributed by atoms with E-state index in [2.05, 4.69) is 10.4 Å². The molecule has 0 spiro atoms. The van der Waals surface area contributed by atoms with Gasteiger partial charge in [-0.25, -0.2) is 0 Å². The molecule has 1 unspecified atom stereocenters. The summed E-state index contributed by atoms with van der Waals surface area (Å²) in [5, 5.41) is 15.0. The number of carbonyl (C=O) groups is 1. The van der Waals surface area contributed by atoms with Crippen LogP contribution in [0.2, 0.25) is 0 Å². The van der Waals surface area contributed by atoms with Gasteiger partial charge < -0.3 is 10.4 Å². The molecule has 0 aromatic carbocycles. The quantitative estimate of drug-likeness (QED) is 0.893. The number of aryl methyl sites for hydroxylation is 1. The minimum Gasteiger partial charge on any atom is -0.394 e. The highest BCUT2D eigenvalue weighted by Crippen LogP contribution is 2.30. The van der Waals surface area contributed by atoms with Gasteiger partial charge in [0.25, 0.3) is 5.91 Å². The number of amides is 1. The first-order valence-electron chi connectivity index (χ1n) is 6.46. The number of aliphatic hydroxyl groups is 1. The lowest BCUT2D eigenvalue weighted by Crippen LogP contribution is -2.40. The average molecular weight is 307 g/mol. The normalized spacial score (nSPS) is 14.1. The molecule has 2 N–H and O–H groups in total. The van der Waals surface area contributed by atoms with Crippen LogP contribution in [0.25, 0.3) is 0 Å². The molecule has 1 atom stereocenters. The first kappa shape index (κ1) is 17.5. The van der Waals surface area contributed by atoms with Crippen LogP contribution in [0, 0.1) is 5.41 Å². The first-order chi connectivity index (χ1) is 9.44. The summed E-state index contributed by atoms with van der Waals surface area (Å²) in [5.74, 6) is -0.890. The zero-order valence-corrected chi connectivity index (χ0v) is 12.5. The van der Waals surface area contributed by atoms with Gasteiger partial charge in [0, 0.05) is 13.2 Å². The number of alkyl halides is 3. The van der Waals surface area contributed by atoms with Crippen molar-refractivity contribution in [3.8, 4) is 0 Å². The van der Waals surface area contributed by atoms with Gasteiger partial charge in [0.1, 0.15) is 0 Å². The summed E-state index contributed by atoms with van der Waals surface area (Å²) < 4.78 is 39.4. The molecule has 0 saturated heterocycles. The second kappa shape index (κ2) is 6.05. The maximum atomic E-state index is 12.8. The maximum Gasteiger partial charge on any atom is 0.435 e. The molecule has 5 nitrogen and oxygen atoms in total. The highest BCUT2D eigenvalue weighted by atomic mass is 19.4. The van der Waals surface area contributed by atoms with Crippen LogP contribution in [-0.2, 0) is 13.2 Å². The Morgan fingerprint density at radius 2 is 2.00 bits per heavy atom. The number of rotatable bonds is 4. The molecular formula is C13H20F3N3O2. The van der Waals surface area contributed by atoms with Gasteiger partial charge in [0.15, 0.2) is 5.69 Å². The summed E-state index contributed by atoms with van der Waals surface area (Å²) in [5.41, 5.74) is -1.95. The summed E-state index contributed by atoms with van der Waals surface area (Å²) in [7, 11) is 1.31. The molecule has 0 bridgehead atoms. The Labute approximate surface area is 121 Å². The Hall–Kier alpha value is -1.57. The summed E-state index contributed by atoms with van der Waals surface area (Å²) in [4.78, 5) is 12.0. The van der Waals surface area contributed by atoms with Gasteiger partial charge in [-0.15, -0.1) is 0 Å². The molecule has 1 amide bonds. The van der Waals surface area contributed by atoms with Crippen molar-refractivity contribution in [3.63, 3.8) is 0 Å². The van der Waals surface area contributed by atoms with Crippen molar-refractivity contribution < 1.29 is 23.1 Å². The van der Waals surface area contributed by atoms with E-state index in [1.165, 1.54) is 7.05 Å². The Morgan fingerprint density at radius 1 is 1.43 bits per heavy atom. The number of carbonyl (C=O) groups excluding carboxylic acids is 1. The van der Waals surface area contributed by atoms with Crippen molar-refractivity contribution in [2.75, 3.05) is 6.61 Å². The lowest BCUT2D eigenvalue weighted by molar-refractivity contribution is -0.141. The van der Waals surface area contributed by atoms with Gasteiger partial charge in [-0.05, 0) is 11.8 Å². The number of aliphatic hydroxyl groups excluding tert-OH is 1. The topological polar surface area (TPSA) is 67.2 Å². The van der Waals surface area contributed by atoms with Crippen LogP contribution < -0.4 is 5.32 Å². The van der Waals surface area contributed by atoms with Gasteiger partial charge in [-0.2, -0.15) is 18.3 Å². The molecule has 0 aliphatic carbocycles. The summed E-state index contributed by atoms with van der Waals surface area (Å²) in [6.07, 6.45) is -3.24. The third-order valence-corrected chi connectivity index (χ3v) is 2.76. The van der Waals surface area contributed by atoms with Crippen molar-refractivity contribution in [1.82, 2.24) is 15.1 Å². The molecule has 1 heterocycles. The van der Waals surface area contributed by atoms with E-state index in [4.69, 9.17) is 0 Å². The lowest BCUT2D eigenvalue weighted by atomic mass is 9.88. The van der Waals surface area contributed by atoms with Gasteiger partial charge in [0.05, 0.1) is 18.2 Å². The number of hydrogen-bond acceptors (Lipinski definition) is 3. The second-order valence-electron chi connectivity index (χ2n) is 6.18. The van der Waals surface area contributed by atoms with E-state index in [1.54, 1.807) is 0 Å². The molecule has 0 saturated carbocycles. The van der Waals surface area contributed by atoms with E-state index in [0.717, 1.165) is 10.9 Å². The number of aromatic nitrogens is 2. The van der Waals surface area contributed by atoms with Crippen molar-refractivity contribution >= 4 is 5.91 Å². The van der Waals surface area contributed by atoms with Crippen LogP contribution in [0.4, 0.5) is 13.2 Å². The van der Waals surface area contributed by atoms with Crippen LogP contribution in [-0.4, -0.2) is 33.4 Å². The van der Waals surface area contributed by atoms with Gasteiger partial charge in [-0.1, -0.05) is 20.8 Å². The molecule has 1 aromatic rings. The third-order valence-electron chi connectivity index (χ3n) is 2.76. The molecule has 1 aromatic heterocycles. The van der Waals surface area contributed by atoms with Crippen molar-refractivity contribution in [2.45, 2.75) is 39.4 Å². The predicted octanol–water partition coefficient (Wildman–Crippen LogP) is 1.97. The van der Waals surface area contributed by atoms with E-state index in [1.807, 2.05) is 20.8 Å². The minimum absolute atomic E-state index is 0.178. The van der Waals surface area contributed by atoms with E-state index in [9.17, 15) is 23.1 Å². The fourth-order valence-electron chi connectivity index (χ4n) is 2.03. The van der Waals surface area contributed by atoms with E-state index in [0.29, 0.717) is 6.42 Å². The van der Waals surface area contributed by atoms with E-state index >= 15 is 0 Å². The number of nitrogens with zero attached hydrogens (tertiary/aromatic N) is 2. The smallest absolute Gasteiger partial charge is 0.394 e. The number of nitrogens with one attached hydrogen (secondary N) is 1. The van der Waals surface area contributed by atoms with Crippen molar-refractivity contribution in [1.29, 1.82) is 0 Å². The maximum absolute atomic E-state index is 12.8. The molecule has 0 aliphatic heterocycles. The summed E-state index contributed by atoms with van der Waals surface area (Å²) >= 11 is 0. The molecule has 120 valence electrons. The zero-order valence-electron chi connectivity index (χ0n) is 12.5. The SMILES string of the molecule is Cn1cc(C(=O)NC(CO)CC(C)(C)C)c(C(F)(F)F)n1. The van der Waals surface area contributed by atoms with Crippen molar-refractivity contribution in [2.24, 2.45) is 12.5 Å². The number of hydrogen-bond donors (Lipinski definition) is 2. The first-order valence-corrected chi connectivity index (χ1v) is 6.46. The molecule has 21 heavy (non-hydrogen) atoms. The highest BCUT2D eigenvalue weighted by molar-refractivity contribution is 5.95. The Balaban J connectivity index is 2.94. The fourth-order valence-corrected chi connectivity index (χ4v) is 2.03. The van der Waals surface area contributed by atoms with Gasteiger partial charge in [-0.3, -0.25) is 9.48 Å². The average Bonchev–Trinajstić information content (AvgIpc) is 2.68. The zero-order chi connectivity index (χ0) is 16.4. The Bertz CT molecular complexity index is 504. The van der Waals surface area contributed by atoms with Crippen LogP contribution in [0.15, 0.2) is 6.20 Å². The Kier molecular flexibility index (Phi) is 5.03. The molecule has 0 aliphatic rings. The largest absolute Gasteiger partial charge is 0.435 e. The summed E-state index contributed by atoms with van der Waals surface area (Å²) in [6.45, 7) is 5.39. The third kappa shape index (κ3) is 5.04. The van der Waals surface area contributed by atoms with Crippen LogP contribution in [0.3, 0.4) is 0 Å². The van der Waals surface area contributed by atoms with Crippen molar-refractivity contribution in [3.05, 3.63) is 17.5 Å². The number of halogens is 3. The van der Waals surface area contributed by atoms with Crippen LogP contribution in [0.5, 0.6) is 0 Å². The molecule has 1 rings (SSSR count). The lowest BCUT2D eigenvalue weighted by Gasteiger charge is -2.25. The standard InChI is InChI=1S/C13H20F3N3O2/c1-12(2,3)5-8(7-20)17-11(21)9-6-19(4)18-10(9)13(14,15)16/h6,8,20H,5,7H2,1-4H3,(H,17,21). The Morgan fingerprint density at radius 3 is 2.43 bits per heavy atom. The predicted molar refractivity (Wildman–Crippen MR) is 70.6 cm³/mol. The summed E-state index contributed by atoms with van der Waals surface area (Å²) in [6, 6.07) is -0.612. The van der Waals surface area contributed by atoms with Crippen LogP contribution in [0.1, 0.15) is 43.2 Å². The molecular weight excluding hydrogens is 287 g/mol. The monoisotopic (exact) mass is 307 g/mol. The van der Waals surface area contributed by atoms with Gasteiger partial charge in [0.2, 0.25) is 0 Å². The fraction of sp³-hybridized carbons (Fsp3) is 0.692. The van der Waals surface area contributed by atoms with Gasteiger partial charge >= 0.3 is 6.18 Å². The molecule has 0 radical (unpaired) electrons. The highest BCUT2D eigenvalue weighted by Gasteiger charge is 2.39. The van der Waals surface area contributed by atoms with Crippen LogP contribution >= 0.6 is 0 Å². The molecule has 8 heteroatoms. The molecule has 0 fully saturated rings. The van der Waals surface area contributed by atoms with E-state index < -0.39 is 29.4 Å². The minimum atomic E-state index is -4.70.